The Morgan fingerprint density at radius 1 is 1.00 bits per heavy atom. The van der Waals surface area contributed by atoms with Gasteiger partial charge in [-0.2, -0.15) is 0 Å². The van der Waals surface area contributed by atoms with E-state index in [4.69, 9.17) is 11.6 Å². The van der Waals surface area contributed by atoms with Crippen molar-refractivity contribution in [2.45, 2.75) is 11.3 Å². The number of hydrazine groups is 1. The van der Waals surface area contributed by atoms with Gasteiger partial charge in [-0.25, -0.2) is 8.78 Å². The van der Waals surface area contributed by atoms with Crippen LogP contribution in [0.25, 0.3) is 0 Å². The van der Waals surface area contributed by atoms with Crippen LogP contribution in [0.5, 0.6) is 0 Å². The Morgan fingerprint density at radius 3 is 2.38 bits per heavy atom. The first-order valence-electron chi connectivity index (χ1n) is 6.88. The average Bonchev–Trinajstić information content (AvgIpc) is 2.56. The molecule has 4 nitrogen and oxygen atoms in total. The first-order valence-corrected chi connectivity index (χ1v) is 8.24. The Bertz CT molecular complexity index is 741. The molecule has 0 radical (unpaired) electrons. The smallest absolute Gasteiger partial charge is 0.269 e. The number of rotatable bonds is 5. The second-order valence-corrected chi connectivity index (χ2v) is 6.29. The minimum atomic E-state index is -0.931. The second-order valence-electron chi connectivity index (χ2n) is 4.68. The maximum Gasteiger partial charge on any atom is 0.269 e. The monoisotopic (exact) mass is 370 g/mol. The Hall–Kier alpha value is -2.12. The first kappa shape index (κ1) is 18.2. The lowest BCUT2D eigenvalue weighted by atomic mass is 10.2. The fraction of sp³-hybridized carbons (Fsp3) is 0.125. The van der Waals surface area contributed by atoms with E-state index in [1.165, 1.54) is 30.0 Å². The summed E-state index contributed by atoms with van der Waals surface area (Å²) in [5.41, 5.74) is 4.92. The maximum atomic E-state index is 13.0. The standard InChI is InChI=1S/C16H13ClF2N2O2S/c17-11-3-1-10(2-4-11)16(23)21-20-15(22)7-8-24-12-5-6-13(18)14(19)9-12/h1-6,9H,7-8H2,(H,20,22)(H,21,23). The molecule has 0 heterocycles. The van der Waals surface area contributed by atoms with Gasteiger partial charge in [0.1, 0.15) is 0 Å². The van der Waals surface area contributed by atoms with Gasteiger partial charge in [0.2, 0.25) is 5.91 Å². The van der Waals surface area contributed by atoms with E-state index >= 15 is 0 Å². The zero-order chi connectivity index (χ0) is 17.5. The number of benzene rings is 2. The Balaban J connectivity index is 1.72. The van der Waals surface area contributed by atoms with Crippen molar-refractivity contribution in [1.29, 1.82) is 0 Å². The van der Waals surface area contributed by atoms with E-state index in [9.17, 15) is 18.4 Å². The Morgan fingerprint density at radius 2 is 1.71 bits per heavy atom. The van der Waals surface area contributed by atoms with Gasteiger partial charge in [-0.3, -0.25) is 20.4 Å². The van der Waals surface area contributed by atoms with Gasteiger partial charge in [0.15, 0.2) is 11.6 Å². The van der Waals surface area contributed by atoms with Crippen LogP contribution in [0.2, 0.25) is 5.02 Å². The largest absolute Gasteiger partial charge is 0.273 e. The minimum Gasteiger partial charge on any atom is -0.273 e. The van der Waals surface area contributed by atoms with Crippen LogP contribution in [0.3, 0.4) is 0 Å². The molecule has 126 valence electrons. The number of halogens is 3. The van der Waals surface area contributed by atoms with Crippen LogP contribution < -0.4 is 10.9 Å². The van der Waals surface area contributed by atoms with Crippen LogP contribution in [0.15, 0.2) is 47.4 Å². The van der Waals surface area contributed by atoms with Gasteiger partial charge in [0.05, 0.1) is 0 Å². The molecule has 0 aliphatic carbocycles. The van der Waals surface area contributed by atoms with Gasteiger partial charge < -0.3 is 0 Å². The van der Waals surface area contributed by atoms with Gasteiger partial charge >= 0.3 is 0 Å². The highest BCUT2D eigenvalue weighted by atomic mass is 35.5. The SMILES string of the molecule is O=C(CCSc1ccc(F)c(F)c1)NNC(=O)c1ccc(Cl)cc1. The predicted molar refractivity (Wildman–Crippen MR) is 88.8 cm³/mol. The van der Waals surface area contributed by atoms with Gasteiger partial charge in [-0.05, 0) is 42.5 Å². The lowest BCUT2D eigenvalue weighted by Gasteiger charge is -2.07. The third kappa shape index (κ3) is 5.50. The number of thioether (sulfide) groups is 1. The van der Waals surface area contributed by atoms with Crippen molar-refractivity contribution in [2.75, 3.05) is 5.75 Å². The molecule has 8 heteroatoms. The summed E-state index contributed by atoms with van der Waals surface area (Å²) in [6.07, 6.45) is 0.102. The normalized spacial score (nSPS) is 10.3. The second kappa shape index (κ2) is 8.65. The average molecular weight is 371 g/mol. The number of nitrogens with one attached hydrogen (secondary N) is 2. The van der Waals surface area contributed by atoms with Crippen LogP contribution in [0.4, 0.5) is 8.78 Å². The highest BCUT2D eigenvalue weighted by molar-refractivity contribution is 7.99. The zero-order valence-electron chi connectivity index (χ0n) is 12.3. The Kier molecular flexibility index (Phi) is 6.57. The molecule has 0 saturated heterocycles. The first-order chi connectivity index (χ1) is 11.5. The van der Waals surface area contributed by atoms with Crippen molar-refractivity contribution in [2.24, 2.45) is 0 Å². The van der Waals surface area contributed by atoms with Crippen LogP contribution in [0, 0.1) is 11.6 Å². The molecule has 0 bridgehead atoms. The molecular weight excluding hydrogens is 358 g/mol. The molecule has 2 rings (SSSR count). The highest BCUT2D eigenvalue weighted by Gasteiger charge is 2.08. The molecule has 0 aliphatic rings. The molecule has 0 aromatic heterocycles. The van der Waals surface area contributed by atoms with Gasteiger partial charge in [-0.1, -0.05) is 11.6 Å². The predicted octanol–water partition coefficient (Wildman–Crippen LogP) is 3.56. The molecule has 2 N–H and O–H groups in total. The third-order valence-corrected chi connectivity index (χ3v) is 4.16. The zero-order valence-corrected chi connectivity index (χ0v) is 13.9. The topological polar surface area (TPSA) is 58.2 Å². The maximum absolute atomic E-state index is 13.0. The number of carbonyl (C=O) groups is 2. The lowest BCUT2D eigenvalue weighted by molar-refractivity contribution is -0.121. The van der Waals surface area contributed by atoms with E-state index in [0.29, 0.717) is 21.2 Å². The van der Waals surface area contributed by atoms with E-state index in [2.05, 4.69) is 10.9 Å². The molecular formula is C16H13ClF2N2O2S. The van der Waals surface area contributed by atoms with Crippen LogP contribution in [0.1, 0.15) is 16.8 Å². The van der Waals surface area contributed by atoms with Gasteiger partial charge in [0.25, 0.3) is 5.91 Å². The number of amides is 2. The van der Waals surface area contributed by atoms with Crippen molar-refractivity contribution in [3.05, 3.63) is 64.7 Å². The summed E-state index contributed by atoms with van der Waals surface area (Å²) >= 11 is 6.93. The van der Waals surface area contributed by atoms with Gasteiger partial charge in [-0.15, -0.1) is 11.8 Å². The van der Waals surface area contributed by atoms with Crippen LogP contribution in [-0.4, -0.2) is 17.6 Å². The minimum absolute atomic E-state index is 0.102. The molecule has 0 spiro atoms. The number of carbonyl (C=O) groups excluding carboxylic acids is 2. The summed E-state index contributed by atoms with van der Waals surface area (Å²) in [4.78, 5) is 23.9. The van der Waals surface area contributed by atoms with Crippen molar-refractivity contribution in [3.63, 3.8) is 0 Å². The molecule has 0 fully saturated rings. The van der Waals surface area contributed by atoms with Crippen LogP contribution in [-0.2, 0) is 4.79 Å². The van der Waals surface area contributed by atoms with E-state index in [0.717, 1.165) is 12.1 Å². The van der Waals surface area contributed by atoms with E-state index in [1.807, 2.05) is 0 Å². The third-order valence-electron chi connectivity index (χ3n) is 2.91. The lowest BCUT2D eigenvalue weighted by Crippen LogP contribution is -2.41. The summed E-state index contributed by atoms with van der Waals surface area (Å²) in [5.74, 6) is -2.35. The highest BCUT2D eigenvalue weighted by Crippen LogP contribution is 2.20. The Labute approximate surface area is 146 Å². The van der Waals surface area contributed by atoms with Crippen molar-refractivity contribution in [1.82, 2.24) is 10.9 Å². The van der Waals surface area contributed by atoms with E-state index in [-0.39, 0.29) is 6.42 Å². The van der Waals surface area contributed by atoms with Crippen molar-refractivity contribution < 1.29 is 18.4 Å². The fourth-order valence-electron chi connectivity index (χ4n) is 1.69. The molecule has 0 unspecified atom stereocenters. The molecule has 2 amide bonds. The molecule has 0 aliphatic heterocycles. The molecule has 24 heavy (non-hydrogen) atoms. The summed E-state index contributed by atoms with van der Waals surface area (Å²) < 4.78 is 25.8. The van der Waals surface area contributed by atoms with Crippen molar-refractivity contribution >= 4 is 35.2 Å². The van der Waals surface area contributed by atoms with E-state index in [1.54, 1.807) is 12.1 Å². The van der Waals surface area contributed by atoms with Gasteiger partial charge in [0, 0.05) is 27.7 Å². The fourth-order valence-corrected chi connectivity index (χ4v) is 2.69. The molecule has 0 saturated carbocycles. The van der Waals surface area contributed by atoms with Crippen LogP contribution >= 0.6 is 23.4 Å². The summed E-state index contributed by atoms with van der Waals surface area (Å²) in [5, 5.41) is 0.504. The quantitative estimate of drug-likeness (QED) is 0.625. The van der Waals surface area contributed by atoms with Crippen molar-refractivity contribution in [3.8, 4) is 0 Å². The molecule has 2 aromatic rings. The van der Waals surface area contributed by atoms with E-state index < -0.39 is 23.4 Å². The molecule has 2 aromatic carbocycles. The number of hydrogen-bond acceptors (Lipinski definition) is 3. The number of hydrogen-bond donors (Lipinski definition) is 2. The summed E-state index contributed by atoms with van der Waals surface area (Å²) in [7, 11) is 0. The summed E-state index contributed by atoms with van der Waals surface area (Å²) in [6, 6.07) is 9.73. The summed E-state index contributed by atoms with van der Waals surface area (Å²) in [6.45, 7) is 0. The molecule has 0 atom stereocenters.